The molecular formula is C11H22N2O2. The lowest BCUT2D eigenvalue weighted by molar-refractivity contribution is -0.135. The number of rotatable bonds is 3. The van der Waals surface area contributed by atoms with E-state index < -0.39 is 5.54 Å². The minimum atomic E-state index is -0.764. The molecule has 0 unspecified atom stereocenters. The quantitative estimate of drug-likeness (QED) is 0.749. The summed E-state index contributed by atoms with van der Waals surface area (Å²) in [5, 5.41) is 0. The molecule has 1 fully saturated rings. The van der Waals surface area contributed by atoms with Crippen LogP contribution >= 0.6 is 0 Å². The van der Waals surface area contributed by atoms with Gasteiger partial charge in [-0.3, -0.25) is 4.79 Å². The molecule has 1 aliphatic heterocycles. The monoisotopic (exact) mass is 214 g/mol. The predicted molar refractivity (Wildman–Crippen MR) is 59.4 cm³/mol. The minimum Gasteiger partial charge on any atom is -0.381 e. The molecule has 1 rings (SSSR count). The first-order chi connectivity index (χ1) is 6.91. The fourth-order valence-electron chi connectivity index (χ4n) is 1.89. The van der Waals surface area contributed by atoms with E-state index in [0.717, 1.165) is 32.6 Å². The normalized spacial score (nSPS) is 18.9. The summed E-state index contributed by atoms with van der Waals surface area (Å²) >= 11 is 0. The number of amides is 1. The van der Waals surface area contributed by atoms with E-state index in [9.17, 15) is 4.79 Å². The second kappa shape index (κ2) is 4.94. The molecular weight excluding hydrogens is 192 g/mol. The number of carbonyl (C=O) groups is 1. The molecule has 4 nitrogen and oxygen atoms in total. The highest BCUT2D eigenvalue weighted by molar-refractivity contribution is 5.84. The number of carbonyl (C=O) groups excluding carboxylic acids is 1. The first kappa shape index (κ1) is 12.5. The summed E-state index contributed by atoms with van der Waals surface area (Å²) in [5.41, 5.74) is 5.01. The van der Waals surface area contributed by atoms with Gasteiger partial charge in [-0.15, -0.1) is 0 Å². The van der Waals surface area contributed by atoms with Crippen molar-refractivity contribution < 1.29 is 9.53 Å². The molecule has 0 saturated carbocycles. The third kappa shape index (κ3) is 3.80. The average Bonchev–Trinajstić information content (AvgIpc) is 2.16. The summed E-state index contributed by atoms with van der Waals surface area (Å²) in [6, 6.07) is 0. The highest BCUT2D eigenvalue weighted by Crippen LogP contribution is 2.16. The fraction of sp³-hybridized carbons (Fsp3) is 0.909. The van der Waals surface area contributed by atoms with Gasteiger partial charge in [0.05, 0.1) is 5.54 Å². The van der Waals surface area contributed by atoms with E-state index in [2.05, 4.69) is 0 Å². The van der Waals surface area contributed by atoms with Crippen LogP contribution in [0.5, 0.6) is 0 Å². The second-order valence-corrected chi connectivity index (χ2v) is 4.96. The summed E-state index contributed by atoms with van der Waals surface area (Å²) in [5.74, 6) is 0.573. The molecule has 0 aliphatic carbocycles. The van der Waals surface area contributed by atoms with Crippen molar-refractivity contribution in [2.45, 2.75) is 32.2 Å². The maximum absolute atomic E-state index is 11.8. The van der Waals surface area contributed by atoms with E-state index in [1.165, 1.54) is 0 Å². The Kier molecular flexibility index (Phi) is 4.11. The first-order valence-electron chi connectivity index (χ1n) is 5.53. The number of likely N-dealkylation sites (N-methyl/N-ethyl adjacent to an activating group) is 1. The Morgan fingerprint density at radius 2 is 2.00 bits per heavy atom. The highest BCUT2D eigenvalue weighted by Gasteiger charge is 2.27. The zero-order valence-corrected chi connectivity index (χ0v) is 9.95. The van der Waals surface area contributed by atoms with Crippen LogP contribution < -0.4 is 5.73 Å². The van der Waals surface area contributed by atoms with Gasteiger partial charge in [0.1, 0.15) is 0 Å². The van der Waals surface area contributed by atoms with Crippen LogP contribution in [0.4, 0.5) is 0 Å². The first-order valence-corrected chi connectivity index (χ1v) is 5.53. The van der Waals surface area contributed by atoms with Gasteiger partial charge >= 0.3 is 0 Å². The van der Waals surface area contributed by atoms with Gasteiger partial charge in [-0.25, -0.2) is 0 Å². The van der Waals surface area contributed by atoms with Crippen LogP contribution in [-0.4, -0.2) is 43.2 Å². The largest absolute Gasteiger partial charge is 0.381 e. The molecule has 1 heterocycles. The number of hydrogen-bond acceptors (Lipinski definition) is 3. The highest BCUT2D eigenvalue weighted by atomic mass is 16.5. The van der Waals surface area contributed by atoms with Gasteiger partial charge in [0.15, 0.2) is 0 Å². The van der Waals surface area contributed by atoms with Crippen LogP contribution in [0, 0.1) is 5.92 Å². The van der Waals surface area contributed by atoms with Crippen molar-refractivity contribution in [2.75, 3.05) is 26.8 Å². The molecule has 88 valence electrons. The lowest BCUT2D eigenvalue weighted by atomic mass is 9.98. The fourth-order valence-corrected chi connectivity index (χ4v) is 1.89. The third-order valence-electron chi connectivity index (χ3n) is 2.77. The zero-order chi connectivity index (χ0) is 11.5. The van der Waals surface area contributed by atoms with Crippen LogP contribution in [0.3, 0.4) is 0 Å². The Bertz CT molecular complexity index is 217. The van der Waals surface area contributed by atoms with Crippen LogP contribution in [0.2, 0.25) is 0 Å². The molecule has 0 aromatic heterocycles. The van der Waals surface area contributed by atoms with Crippen molar-refractivity contribution in [1.82, 2.24) is 4.90 Å². The molecule has 0 aromatic rings. The van der Waals surface area contributed by atoms with E-state index in [1.807, 2.05) is 7.05 Å². The molecule has 4 heteroatoms. The minimum absolute atomic E-state index is 0.00833. The Morgan fingerprint density at radius 1 is 1.47 bits per heavy atom. The molecule has 1 aliphatic rings. The van der Waals surface area contributed by atoms with E-state index >= 15 is 0 Å². The van der Waals surface area contributed by atoms with Crippen molar-refractivity contribution in [1.29, 1.82) is 0 Å². The van der Waals surface area contributed by atoms with Gasteiger partial charge in [-0.1, -0.05) is 0 Å². The predicted octanol–water partition coefficient (Wildman–Crippen LogP) is 0.609. The van der Waals surface area contributed by atoms with Crippen LogP contribution in [0.1, 0.15) is 26.7 Å². The second-order valence-electron chi connectivity index (χ2n) is 4.96. The maximum atomic E-state index is 11.8. The van der Waals surface area contributed by atoms with Crippen molar-refractivity contribution in [3.63, 3.8) is 0 Å². The van der Waals surface area contributed by atoms with Gasteiger partial charge < -0.3 is 15.4 Å². The molecule has 0 radical (unpaired) electrons. The third-order valence-corrected chi connectivity index (χ3v) is 2.77. The molecule has 0 bridgehead atoms. The van der Waals surface area contributed by atoms with Crippen molar-refractivity contribution in [2.24, 2.45) is 11.7 Å². The number of nitrogens with zero attached hydrogens (tertiary/aromatic N) is 1. The van der Waals surface area contributed by atoms with Gasteiger partial charge in [-0.2, -0.15) is 0 Å². The van der Waals surface area contributed by atoms with E-state index in [4.69, 9.17) is 10.5 Å². The van der Waals surface area contributed by atoms with Crippen molar-refractivity contribution in [3.8, 4) is 0 Å². The molecule has 0 aromatic carbocycles. The Balaban J connectivity index is 2.40. The molecule has 15 heavy (non-hydrogen) atoms. The van der Waals surface area contributed by atoms with Gasteiger partial charge in [0.25, 0.3) is 0 Å². The van der Waals surface area contributed by atoms with E-state index in [0.29, 0.717) is 5.92 Å². The Labute approximate surface area is 91.8 Å². The summed E-state index contributed by atoms with van der Waals surface area (Å²) in [4.78, 5) is 13.6. The number of hydrogen-bond donors (Lipinski definition) is 1. The SMILES string of the molecule is CN(CC1CCOCC1)C(=O)C(C)(C)N. The summed E-state index contributed by atoms with van der Waals surface area (Å²) < 4.78 is 5.28. The summed E-state index contributed by atoms with van der Waals surface area (Å²) in [6.07, 6.45) is 2.09. The van der Waals surface area contributed by atoms with Gasteiger partial charge in [0.2, 0.25) is 5.91 Å². The molecule has 1 amide bonds. The number of ether oxygens (including phenoxy) is 1. The van der Waals surface area contributed by atoms with Crippen LogP contribution in [-0.2, 0) is 9.53 Å². The van der Waals surface area contributed by atoms with E-state index in [-0.39, 0.29) is 5.91 Å². The zero-order valence-electron chi connectivity index (χ0n) is 9.95. The summed E-state index contributed by atoms with van der Waals surface area (Å²) in [7, 11) is 1.83. The van der Waals surface area contributed by atoms with Crippen molar-refractivity contribution >= 4 is 5.91 Å². The molecule has 1 saturated heterocycles. The Hall–Kier alpha value is -0.610. The summed E-state index contributed by atoms with van der Waals surface area (Å²) in [6.45, 7) is 5.92. The van der Waals surface area contributed by atoms with Crippen molar-refractivity contribution in [3.05, 3.63) is 0 Å². The number of nitrogens with two attached hydrogens (primary N) is 1. The molecule has 2 N–H and O–H groups in total. The average molecular weight is 214 g/mol. The lowest BCUT2D eigenvalue weighted by Gasteiger charge is -2.30. The standard InChI is InChI=1S/C11H22N2O2/c1-11(2,12)10(14)13(3)8-9-4-6-15-7-5-9/h9H,4-8,12H2,1-3H3. The molecule has 0 spiro atoms. The maximum Gasteiger partial charge on any atom is 0.241 e. The Morgan fingerprint density at radius 3 is 2.47 bits per heavy atom. The van der Waals surface area contributed by atoms with Gasteiger partial charge in [0, 0.05) is 26.8 Å². The van der Waals surface area contributed by atoms with E-state index in [1.54, 1.807) is 18.7 Å². The smallest absolute Gasteiger partial charge is 0.241 e. The topological polar surface area (TPSA) is 55.6 Å². The van der Waals surface area contributed by atoms with Crippen LogP contribution in [0.15, 0.2) is 0 Å². The van der Waals surface area contributed by atoms with Gasteiger partial charge in [-0.05, 0) is 32.6 Å². The van der Waals surface area contributed by atoms with Crippen LogP contribution in [0.25, 0.3) is 0 Å². The lowest BCUT2D eigenvalue weighted by Crippen LogP contribution is -2.51. The molecule has 0 atom stereocenters.